The van der Waals surface area contributed by atoms with Crippen LogP contribution in [0.2, 0.25) is 0 Å². The Bertz CT molecular complexity index is 930. The summed E-state index contributed by atoms with van der Waals surface area (Å²) in [5.74, 6) is 1.25. The molecule has 2 aromatic carbocycles. The molecule has 4 heteroatoms. The van der Waals surface area contributed by atoms with Crippen LogP contribution in [0.4, 0.5) is 0 Å². The van der Waals surface area contributed by atoms with E-state index in [1.807, 2.05) is 28.9 Å². The summed E-state index contributed by atoms with van der Waals surface area (Å²) >= 11 is 0. The van der Waals surface area contributed by atoms with Crippen molar-refractivity contribution in [2.75, 3.05) is 6.61 Å². The largest absolute Gasteiger partial charge is 0.447 e. The second-order valence-electron chi connectivity index (χ2n) is 8.50. The van der Waals surface area contributed by atoms with E-state index in [-0.39, 0.29) is 11.7 Å². The lowest BCUT2D eigenvalue weighted by Gasteiger charge is -2.36. The van der Waals surface area contributed by atoms with Gasteiger partial charge in [-0.25, -0.2) is 4.68 Å². The topological polar surface area (TPSA) is 36.3 Å². The van der Waals surface area contributed by atoms with Crippen LogP contribution in [-0.4, -0.2) is 22.7 Å². The normalized spacial score (nSPS) is 18.0. The molecule has 1 atom stereocenters. The highest BCUT2D eigenvalue weighted by atomic mass is 16.7. The van der Waals surface area contributed by atoms with Crippen molar-refractivity contribution in [3.63, 3.8) is 0 Å². The highest BCUT2D eigenvalue weighted by molar-refractivity contribution is 5.68. The van der Waals surface area contributed by atoms with Gasteiger partial charge < -0.3 is 9.47 Å². The van der Waals surface area contributed by atoms with Crippen LogP contribution in [0.3, 0.4) is 0 Å². The molecule has 0 fully saturated rings. The standard InChI is InChI=1S/C24H28N2O2/c1-17(2)16-27-20-15-24(3,4)21-22(18-11-7-5-8-12-18)25-26(23(21)28-20)19-13-9-6-10-14-19/h5-14,17,20H,15-16H2,1-4H3/t20-/m1/s1. The van der Waals surface area contributed by atoms with Crippen molar-refractivity contribution in [3.8, 4) is 22.8 Å². The molecule has 0 radical (unpaired) electrons. The number of aromatic nitrogens is 2. The van der Waals surface area contributed by atoms with Gasteiger partial charge in [-0.3, -0.25) is 0 Å². The van der Waals surface area contributed by atoms with Crippen LogP contribution in [-0.2, 0) is 10.2 Å². The first kappa shape index (κ1) is 18.8. The van der Waals surface area contributed by atoms with Crippen LogP contribution in [0.25, 0.3) is 16.9 Å². The van der Waals surface area contributed by atoms with Gasteiger partial charge in [-0.2, -0.15) is 5.10 Å². The summed E-state index contributed by atoms with van der Waals surface area (Å²) in [6, 6.07) is 20.5. The van der Waals surface area contributed by atoms with Crippen molar-refractivity contribution in [3.05, 3.63) is 66.2 Å². The highest BCUT2D eigenvalue weighted by Crippen LogP contribution is 2.47. The fraction of sp³-hybridized carbons (Fsp3) is 0.375. The van der Waals surface area contributed by atoms with Gasteiger partial charge in [0.1, 0.15) is 5.69 Å². The van der Waals surface area contributed by atoms with Gasteiger partial charge in [-0.1, -0.05) is 76.2 Å². The molecule has 0 saturated carbocycles. The molecule has 0 unspecified atom stereocenters. The fourth-order valence-corrected chi connectivity index (χ4v) is 3.74. The van der Waals surface area contributed by atoms with Gasteiger partial charge in [-0.15, -0.1) is 0 Å². The van der Waals surface area contributed by atoms with E-state index in [0.29, 0.717) is 12.5 Å². The summed E-state index contributed by atoms with van der Waals surface area (Å²) < 4.78 is 14.4. The zero-order valence-corrected chi connectivity index (χ0v) is 17.1. The average Bonchev–Trinajstić information content (AvgIpc) is 3.08. The minimum atomic E-state index is -0.271. The highest BCUT2D eigenvalue weighted by Gasteiger charge is 2.41. The molecule has 0 spiro atoms. The summed E-state index contributed by atoms with van der Waals surface area (Å²) in [6.07, 6.45) is 0.528. The summed E-state index contributed by atoms with van der Waals surface area (Å²) in [6.45, 7) is 9.50. The Balaban J connectivity index is 1.85. The van der Waals surface area contributed by atoms with E-state index in [1.54, 1.807) is 0 Å². The second-order valence-corrected chi connectivity index (χ2v) is 8.50. The van der Waals surface area contributed by atoms with Gasteiger partial charge in [-0.05, 0) is 18.1 Å². The minimum Gasteiger partial charge on any atom is -0.447 e. The third-order valence-corrected chi connectivity index (χ3v) is 5.10. The van der Waals surface area contributed by atoms with Crippen LogP contribution in [0.15, 0.2) is 60.7 Å². The summed E-state index contributed by atoms with van der Waals surface area (Å²) in [5.41, 5.74) is 4.10. The first-order chi connectivity index (χ1) is 13.5. The van der Waals surface area contributed by atoms with Crippen LogP contribution in [0.1, 0.15) is 39.7 Å². The van der Waals surface area contributed by atoms with Crippen molar-refractivity contribution in [1.29, 1.82) is 0 Å². The van der Waals surface area contributed by atoms with Gasteiger partial charge in [0.25, 0.3) is 0 Å². The number of nitrogens with zero attached hydrogens (tertiary/aromatic N) is 2. The van der Waals surface area contributed by atoms with E-state index in [0.717, 1.165) is 34.8 Å². The van der Waals surface area contributed by atoms with Gasteiger partial charge in [0.2, 0.25) is 12.2 Å². The summed E-state index contributed by atoms with van der Waals surface area (Å²) in [7, 11) is 0. The van der Waals surface area contributed by atoms with Gasteiger partial charge in [0.15, 0.2) is 0 Å². The average molecular weight is 377 g/mol. The maximum Gasteiger partial charge on any atom is 0.223 e. The Morgan fingerprint density at radius 2 is 1.71 bits per heavy atom. The molecular formula is C24H28N2O2. The van der Waals surface area contributed by atoms with E-state index in [1.165, 1.54) is 0 Å². The molecule has 4 rings (SSSR count). The molecular weight excluding hydrogens is 348 g/mol. The number of hydrogen-bond acceptors (Lipinski definition) is 3. The van der Waals surface area contributed by atoms with Gasteiger partial charge >= 0.3 is 0 Å². The van der Waals surface area contributed by atoms with Crippen molar-refractivity contribution in [2.24, 2.45) is 5.92 Å². The lowest BCUT2D eigenvalue weighted by atomic mass is 9.78. The van der Waals surface area contributed by atoms with E-state index in [2.05, 4.69) is 64.1 Å². The number of para-hydroxylation sites is 1. The Kier molecular flexibility index (Phi) is 4.98. The molecule has 2 heterocycles. The third-order valence-electron chi connectivity index (χ3n) is 5.10. The van der Waals surface area contributed by atoms with Crippen molar-refractivity contribution < 1.29 is 9.47 Å². The molecule has 0 aliphatic carbocycles. The molecule has 1 aromatic heterocycles. The molecule has 4 nitrogen and oxygen atoms in total. The molecule has 1 aliphatic rings. The van der Waals surface area contributed by atoms with Crippen LogP contribution >= 0.6 is 0 Å². The smallest absolute Gasteiger partial charge is 0.223 e. The molecule has 3 aromatic rings. The quantitative estimate of drug-likeness (QED) is 0.582. The minimum absolute atomic E-state index is 0.118. The zero-order valence-electron chi connectivity index (χ0n) is 17.1. The molecule has 1 aliphatic heterocycles. The monoisotopic (exact) mass is 376 g/mol. The molecule has 0 bridgehead atoms. The Morgan fingerprint density at radius 1 is 1.07 bits per heavy atom. The first-order valence-electron chi connectivity index (χ1n) is 9.98. The molecule has 146 valence electrons. The summed E-state index contributed by atoms with van der Waals surface area (Å²) in [4.78, 5) is 0. The van der Waals surface area contributed by atoms with E-state index < -0.39 is 0 Å². The maximum absolute atomic E-state index is 6.38. The fourth-order valence-electron chi connectivity index (χ4n) is 3.74. The molecule has 0 N–H and O–H groups in total. The number of benzene rings is 2. The van der Waals surface area contributed by atoms with Crippen LogP contribution < -0.4 is 4.74 Å². The van der Waals surface area contributed by atoms with Crippen molar-refractivity contribution in [1.82, 2.24) is 9.78 Å². The molecule has 28 heavy (non-hydrogen) atoms. The maximum atomic E-state index is 6.38. The molecule has 0 saturated heterocycles. The zero-order chi connectivity index (χ0) is 19.7. The van der Waals surface area contributed by atoms with Crippen LogP contribution in [0.5, 0.6) is 5.88 Å². The number of rotatable bonds is 5. The Hall–Kier alpha value is -2.59. The third kappa shape index (κ3) is 3.57. The van der Waals surface area contributed by atoms with Gasteiger partial charge in [0, 0.05) is 23.0 Å². The number of ether oxygens (including phenoxy) is 2. The lowest BCUT2D eigenvalue weighted by molar-refractivity contribution is -0.114. The first-order valence-corrected chi connectivity index (χ1v) is 9.98. The van der Waals surface area contributed by atoms with Crippen molar-refractivity contribution >= 4 is 0 Å². The Morgan fingerprint density at radius 3 is 2.36 bits per heavy atom. The van der Waals surface area contributed by atoms with Crippen molar-refractivity contribution in [2.45, 2.75) is 45.8 Å². The van der Waals surface area contributed by atoms with E-state index in [4.69, 9.17) is 14.6 Å². The van der Waals surface area contributed by atoms with Gasteiger partial charge in [0.05, 0.1) is 12.3 Å². The molecule has 0 amide bonds. The van der Waals surface area contributed by atoms with E-state index in [9.17, 15) is 0 Å². The predicted octanol–water partition coefficient (Wildman–Crippen LogP) is 5.60. The second kappa shape index (κ2) is 7.44. The van der Waals surface area contributed by atoms with Crippen LogP contribution in [0, 0.1) is 5.92 Å². The lowest BCUT2D eigenvalue weighted by Crippen LogP contribution is -2.37. The number of hydrogen-bond donors (Lipinski definition) is 0. The number of fused-ring (bicyclic) bond motifs is 1. The SMILES string of the molecule is CC(C)CO[C@H]1CC(C)(C)c2c(-c3ccccc3)nn(-c3ccccc3)c2O1. The summed E-state index contributed by atoms with van der Waals surface area (Å²) in [5, 5.41) is 4.99. The Labute approximate surface area is 167 Å². The van der Waals surface area contributed by atoms with E-state index >= 15 is 0 Å². The predicted molar refractivity (Wildman–Crippen MR) is 112 cm³/mol.